The number of hydrogen-bond acceptors (Lipinski definition) is 7. The lowest BCUT2D eigenvalue weighted by molar-refractivity contribution is 0.0388. The van der Waals surface area contributed by atoms with Gasteiger partial charge in [-0.3, -0.25) is 15.4 Å². The van der Waals surface area contributed by atoms with Crippen molar-refractivity contribution in [3.05, 3.63) is 77.9 Å². The molecular weight excluding hydrogens is 686 g/mol. The van der Waals surface area contributed by atoms with Gasteiger partial charge in [0.05, 0.1) is 26.9 Å². The molecule has 1 saturated heterocycles. The predicted octanol–water partition coefficient (Wildman–Crippen LogP) is 9.82. The molecule has 11 heteroatoms. The van der Waals surface area contributed by atoms with E-state index in [1.807, 2.05) is 24.0 Å². The Labute approximate surface area is 321 Å². The van der Waals surface area contributed by atoms with Crippen molar-refractivity contribution in [3.63, 3.8) is 0 Å². The van der Waals surface area contributed by atoms with E-state index in [1.165, 1.54) is 84.8 Å². The van der Waals surface area contributed by atoms with Crippen molar-refractivity contribution in [2.45, 2.75) is 103 Å². The van der Waals surface area contributed by atoms with E-state index >= 15 is 0 Å². The Morgan fingerprint density at radius 2 is 1.39 bits per heavy atom. The zero-order valence-electron chi connectivity index (χ0n) is 32.8. The van der Waals surface area contributed by atoms with Crippen LogP contribution in [0.3, 0.4) is 0 Å². The van der Waals surface area contributed by atoms with Crippen LogP contribution in [0, 0.1) is 18.8 Å². The average Bonchev–Trinajstić information content (AvgIpc) is 3.19. The van der Waals surface area contributed by atoms with E-state index in [0.29, 0.717) is 46.1 Å². The molecule has 2 atom stereocenters. The number of methoxy groups -OCH3 is 3. The molecule has 296 valence electrons. The van der Waals surface area contributed by atoms with Crippen LogP contribution in [0.25, 0.3) is 0 Å². The molecular formula is C43H61N3O8. The molecule has 11 nitrogen and oxygen atoms in total. The van der Waals surface area contributed by atoms with E-state index in [2.05, 4.69) is 22.3 Å². The summed E-state index contributed by atoms with van der Waals surface area (Å²) in [6.07, 6.45) is 16.4. The Morgan fingerprint density at radius 3 is 2.07 bits per heavy atom. The average molecular weight is 748 g/mol. The van der Waals surface area contributed by atoms with Crippen LogP contribution in [-0.4, -0.2) is 62.4 Å². The fraction of sp³-hybridized carbons (Fsp3) is 0.512. The Hall–Kier alpha value is -4.77. The van der Waals surface area contributed by atoms with Gasteiger partial charge in [0.2, 0.25) is 0 Å². The number of likely N-dealkylation sites (tertiary alicyclic amines) is 1. The lowest BCUT2D eigenvalue weighted by atomic mass is 9.78. The molecule has 1 aliphatic heterocycles. The molecule has 2 saturated carbocycles. The number of rotatable bonds is 8. The SMILES string of the molecule is CCCC1CCCCC1.COC(=O)Nc1ccc(C(=O)N2CCC[C@H]3CCCC[C@H]32)c(OC)c1.COc1cccc(NC(=O)Oc2ccc(C)cc2)c1.O. The number of benzene rings is 3. The second-order valence-corrected chi connectivity index (χ2v) is 14.1. The minimum atomic E-state index is -0.554. The van der Waals surface area contributed by atoms with Gasteiger partial charge in [-0.05, 0) is 80.8 Å². The molecule has 4 N–H and O–H groups in total. The highest BCUT2D eigenvalue weighted by Crippen LogP contribution is 2.37. The van der Waals surface area contributed by atoms with E-state index in [0.717, 1.165) is 30.9 Å². The molecule has 6 rings (SSSR count). The summed E-state index contributed by atoms with van der Waals surface area (Å²) in [5.74, 6) is 3.41. The first-order valence-corrected chi connectivity index (χ1v) is 19.3. The van der Waals surface area contributed by atoms with Crippen LogP contribution in [-0.2, 0) is 4.74 Å². The van der Waals surface area contributed by atoms with Crippen LogP contribution >= 0.6 is 0 Å². The fourth-order valence-electron chi connectivity index (χ4n) is 7.59. The highest BCUT2D eigenvalue weighted by molar-refractivity contribution is 5.98. The van der Waals surface area contributed by atoms with Crippen molar-refractivity contribution in [2.24, 2.45) is 11.8 Å². The highest BCUT2D eigenvalue weighted by atomic mass is 16.6. The molecule has 1 heterocycles. The zero-order chi connectivity index (χ0) is 38.0. The van der Waals surface area contributed by atoms with Gasteiger partial charge in [0.15, 0.2) is 0 Å². The van der Waals surface area contributed by atoms with E-state index in [1.54, 1.807) is 61.7 Å². The van der Waals surface area contributed by atoms with Crippen molar-refractivity contribution in [1.29, 1.82) is 0 Å². The van der Waals surface area contributed by atoms with Crippen molar-refractivity contribution in [3.8, 4) is 17.2 Å². The number of carbonyl (C=O) groups excluding carboxylic acids is 3. The lowest BCUT2D eigenvalue weighted by Gasteiger charge is -2.44. The number of hydrogen-bond donors (Lipinski definition) is 2. The van der Waals surface area contributed by atoms with Gasteiger partial charge in [0.25, 0.3) is 5.91 Å². The highest BCUT2D eigenvalue weighted by Gasteiger charge is 2.36. The minimum absolute atomic E-state index is 0. The molecule has 3 fully saturated rings. The third-order valence-electron chi connectivity index (χ3n) is 10.3. The number of aryl methyl sites for hydroxylation is 1. The summed E-state index contributed by atoms with van der Waals surface area (Å²) in [6, 6.07) is 19.8. The van der Waals surface area contributed by atoms with Gasteiger partial charge in [0.1, 0.15) is 17.2 Å². The van der Waals surface area contributed by atoms with Crippen molar-refractivity contribution >= 4 is 29.5 Å². The molecule has 0 bridgehead atoms. The predicted molar refractivity (Wildman–Crippen MR) is 214 cm³/mol. The maximum atomic E-state index is 13.2. The molecule has 0 aromatic heterocycles. The van der Waals surface area contributed by atoms with Gasteiger partial charge in [-0.25, -0.2) is 9.59 Å². The van der Waals surface area contributed by atoms with Crippen LogP contribution in [0.2, 0.25) is 0 Å². The van der Waals surface area contributed by atoms with E-state index in [9.17, 15) is 14.4 Å². The van der Waals surface area contributed by atoms with Crippen LogP contribution in [0.1, 0.15) is 106 Å². The van der Waals surface area contributed by atoms with Gasteiger partial charge >= 0.3 is 12.2 Å². The summed E-state index contributed by atoms with van der Waals surface area (Å²) in [6.45, 7) is 5.08. The topological polar surface area (TPSA) is 147 Å². The lowest BCUT2D eigenvalue weighted by Crippen LogP contribution is -2.49. The molecule has 3 aliphatic rings. The maximum Gasteiger partial charge on any atom is 0.417 e. The smallest absolute Gasteiger partial charge is 0.417 e. The fourth-order valence-corrected chi connectivity index (χ4v) is 7.59. The number of amides is 3. The molecule has 54 heavy (non-hydrogen) atoms. The molecule has 0 spiro atoms. The number of piperidine rings is 1. The molecule has 3 amide bonds. The summed E-state index contributed by atoms with van der Waals surface area (Å²) in [4.78, 5) is 38.2. The second kappa shape index (κ2) is 23.1. The normalized spacial score (nSPS) is 17.7. The quantitative estimate of drug-likeness (QED) is 0.233. The van der Waals surface area contributed by atoms with E-state index in [4.69, 9.17) is 14.2 Å². The Balaban J connectivity index is 0.000000238. The second-order valence-electron chi connectivity index (χ2n) is 14.1. The van der Waals surface area contributed by atoms with Crippen LogP contribution in [0.15, 0.2) is 66.7 Å². The first kappa shape index (κ1) is 43.6. The monoisotopic (exact) mass is 747 g/mol. The Kier molecular flexibility index (Phi) is 18.7. The molecule has 2 aliphatic carbocycles. The number of nitrogens with zero attached hydrogens (tertiary/aromatic N) is 1. The summed E-state index contributed by atoms with van der Waals surface area (Å²) < 4.78 is 20.2. The van der Waals surface area contributed by atoms with Gasteiger partial charge < -0.3 is 29.3 Å². The van der Waals surface area contributed by atoms with Crippen molar-refractivity contribution < 1.29 is 38.8 Å². The van der Waals surface area contributed by atoms with Gasteiger partial charge in [-0.15, -0.1) is 0 Å². The molecule has 3 aromatic carbocycles. The van der Waals surface area contributed by atoms with Crippen molar-refractivity contribution in [2.75, 3.05) is 38.5 Å². The van der Waals surface area contributed by atoms with Crippen LogP contribution in [0.5, 0.6) is 17.2 Å². The standard InChI is InChI=1S/C19H26N2O4.C15H15NO3.C9H18.H2O/c1-24-17-12-14(20-19(23)25-2)9-10-15(17)18(22)21-11-5-7-13-6-3-4-8-16(13)21;1-11-6-8-13(9-7-11)19-15(17)16-12-4-3-5-14(10-12)18-2;1-2-6-9-7-4-3-5-8-9;/h9-10,12-13,16H,3-8,11H2,1-2H3,(H,20,23);3-10H,1-2H3,(H,16,17);9H,2-8H2,1H3;1H2/t13-,16-;;;/m1.../s1. The first-order chi connectivity index (χ1) is 25.7. The minimum Gasteiger partial charge on any atom is -0.497 e. The van der Waals surface area contributed by atoms with Crippen LogP contribution in [0.4, 0.5) is 21.0 Å². The Bertz CT molecular complexity index is 1590. The number of fused-ring (bicyclic) bond motifs is 1. The number of carbonyl (C=O) groups is 3. The van der Waals surface area contributed by atoms with E-state index < -0.39 is 12.2 Å². The van der Waals surface area contributed by atoms with Gasteiger partial charge in [-0.2, -0.15) is 0 Å². The Morgan fingerprint density at radius 1 is 0.722 bits per heavy atom. The van der Waals surface area contributed by atoms with Crippen LogP contribution < -0.4 is 24.8 Å². The maximum absolute atomic E-state index is 13.2. The largest absolute Gasteiger partial charge is 0.497 e. The number of ether oxygens (including phenoxy) is 4. The summed E-state index contributed by atoms with van der Waals surface area (Å²) >= 11 is 0. The van der Waals surface area contributed by atoms with Crippen molar-refractivity contribution in [1.82, 2.24) is 4.90 Å². The van der Waals surface area contributed by atoms with Gasteiger partial charge in [-0.1, -0.05) is 88.5 Å². The van der Waals surface area contributed by atoms with E-state index in [-0.39, 0.29) is 11.4 Å². The molecule has 0 unspecified atom stereocenters. The summed E-state index contributed by atoms with van der Waals surface area (Å²) in [5.41, 5.74) is 2.82. The summed E-state index contributed by atoms with van der Waals surface area (Å²) in [7, 11) is 4.42. The molecule has 0 radical (unpaired) electrons. The number of anilines is 2. The van der Waals surface area contributed by atoms with Gasteiger partial charge in [0, 0.05) is 36.1 Å². The number of nitrogens with one attached hydrogen (secondary N) is 2. The third kappa shape index (κ3) is 13.6. The summed E-state index contributed by atoms with van der Waals surface area (Å²) in [5, 5.41) is 5.23. The zero-order valence-corrected chi connectivity index (χ0v) is 32.8. The first-order valence-electron chi connectivity index (χ1n) is 19.3. The molecule has 3 aromatic rings. The third-order valence-corrected chi connectivity index (χ3v) is 10.3.